The second kappa shape index (κ2) is 2.94. The maximum Gasteiger partial charge on any atom is 0.276 e. The van der Waals surface area contributed by atoms with E-state index >= 15 is 0 Å². The standard InChI is InChI=1S/CH4.ClH2O2PS/c;1-4(2,3)5/h1H4;(H2,2,3,5). The summed E-state index contributed by atoms with van der Waals surface area (Å²) in [5, 5.41) is 0. The van der Waals surface area contributed by atoms with Crippen LogP contribution in [0.2, 0.25) is 0 Å². The summed E-state index contributed by atoms with van der Waals surface area (Å²) in [7, 11) is 0. The minimum absolute atomic E-state index is 0. The quantitative estimate of drug-likeness (QED) is 0.505. The summed E-state index contributed by atoms with van der Waals surface area (Å²) >= 11 is 8.38. The van der Waals surface area contributed by atoms with E-state index in [1.165, 1.54) is 0 Å². The van der Waals surface area contributed by atoms with E-state index in [0.29, 0.717) is 0 Å². The zero-order valence-electron chi connectivity index (χ0n) is 2.13. The normalized spacial score (nSPS) is 9.83. The fraction of sp³-hybridized carbons (Fsp3) is 1.00. The Morgan fingerprint density at radius 3 is 1.50 bits per heavy atom. The molecule has 0 atom stereocenters. The van der Waals surface area contributed by atoms with Crippen molar-refractivity contribution in [2.75, 3.05) is 0 Å². The average Bonchev–Trinajstić information content (AvgIpc) is 0.722. The fourth-order valence-electron chi connectivity index (χ4n) is 0. The van der Waals surface area contributed by atoms with Crippen LogP contribution >= 0.6 is 17.1 Å². The van der Waals surface area contributed by atoms with Crippen LogP contribution in [0.3, 0.4) is 0 Å². The van der Waals surface area contributed by atoms with Gasteiger partial charge in [-0.15, -0.1) is 0 Å². The Labute approximate surface area is 46.7 Å². The molecule has 0 spiro atoms. The number of hydrogen-bond acceptors (Lipinski definition) is 1. The first kappa shape index (κ1) is 9.97. The summed E-state index contributed by atoms with van der Waals surface area (Å²) < 4.78 is 0. The highest BCUT2D eigenvalue weighted by Gasteiger charge is 1.93. The van der Waals surface area contributed by atoms with Gasteiger partial charge in [-0.05, 0) is 23.0 Å². The minimum atomic E-state index is -3.33. The predicted octanol–water partition coefficient (Wildman–Crippen LogP) is 1.07. The van der Waals surface area contributed by atoms with E-state index in [9.17, 15) is 0 Å². The molecule has 40 valence electrons. The van der Waals surface area contributed by atoms with Crippen molar-refractivity contribution < 1.29 is 9.79 Å². The summed E-state index contributed by atoms with van der Waals surface area (Å²) in [4.78, 5) is 15.5. The van der Waals surface area contributed by atoms with Gasteiger partial charge in [-0.3, -0.25) is 0 Å². The van der Waals surface area contributed by atoms with Gasteiger partial charge in [0.15, 0.2) is 0 Å². The molecule has 0 amide bonds. The molecule has 0 saturated carbocycles. The smallest absolute Gasteiger partial charge is 0.276 e. The monoisotopic (exact) mass is 148 g/mol. The number of rotatable bonds is 0. The molecule has 0 aromatic heterocycles. The summed E-state index contributed by atoms with van der Waals surface area (Å²) in [5.41, 5.74) is 0. The molecular formula is CH6ClO2PS. The second-order valence-corrected chi connectivity index (χ2v) is 4.96. The van der Waals surface area contributed by atoms with Gasteiger partial charge in [-0.25, -0.2) is 0 Å². The number of halogens is 1. The molecule has 0 unspecified atom stereocenters. The van der Waals surface area contributed by atoms with Gasteiger partial charge in [0.2, 0.25) is 0 Å². The van der Waals surface area contributed by atoms with Crippen LogP contribution in [-0.2, 0) is 11.8 Å². The van der Waals surface area contributed by atoms with Crippen LogP contribution in [0.25, 0.3) is 0 Å². The molecule has 2 N–H and O–H groups in total. The maximum absolute atomic E-state index is 7.77. The van der Waals surface area contributed by atoms with E-state index in [-0.39, 0.29) is 7.43 Å². The lowest BCUT2D eigenvalue weighted by molar-refractivity contribution is 0.500. The van der Waals surface area contributed by atoms with Crippen LogP contribution in [0.4, 0.5) is 0 Å². The van der Waals surface area contributed by atoms with Gasteiger partial charge in [-0.2, -0.15) is 0 Å². The van der Waals surface area contributed by atoms with Crippen molar-refractivity contribution in [2.24, 2.45) is 0 Å². The Bertz CT molecular complexity index is 59.7. The van der Waals surface area contributed by atoms with Gasteiger partial charge >= 0.3 is 0 Å². The van der Waals surface area contributed by atoms with E-state index in [2.05, 4.69) is 23.0 Å². The predicted molar refractivity (Wildman–Crippen MR) is 31.3 cm³/mol. The molecule has 2 nitrogen and oxygen atoms in total. The molecule has 0 rings (SSSR count). The molecule has 0 aromatic rings. The first-order chi connectivity index (χ1) is 2.00. The highest BCUT2D eigenvalue weighted by atomic mass is 35.7. The summed E-state index contributed by atoms with van der Waals surface area (Å²) in [6.07, 6.45) is 0. The van der Waals surface area contributed by atoms with Gasteiger partial charge in [0.05, 0.1) is 0 Å². The first-order valence-electron chi connectivity index (χ1n) is 0.752. The van der Waals surface area contributed by atoms with Gasteiger partial charge in [-0.1, -0.05) is 7.43 Å². The minimum Gasteiger partial charge on any atom is -0.334 e. The van der Waals surface area contributed by atoms with Crippen LogP contribution in [0.15, 0.2) is 0 Å². The largest absolute Gasteiger partial charge is 0.334 e. The van der Waals surface area contributed by atoms with E-state index in [1.807, 2.05) is 0 Å². The van der Waals surface area contributed by atoms with Crippen molar-refractivity contribution >= 4 is 28.9 Å². The van der Waals surface area contributed by atoms with Crippen molar-refractivity contribution in [3.63, 3.8) is 0 Å². The van der Waals surface area contributed by atoms with Crippen molar-refractivity contribution in [3.05, 3.63) is 0 Å². The van der Waals surface area contributed by atoms with Crippen LogP contribution < -0.4 is 0 Å². The second-order valence-electron chi connectivity index (χ2n) is 0.473. The summed E-state index contributed by atoms with van der Waals surface area (Å²) in [6, 6.07) is 0. The Morgan fingerprint density at radius 1 is 1.50 bits per heavy atom. The lowest BCUT2D eigenvalue weighted by atomic mass is 12.0. The van der Waals surface area contributed by atoms with Crippen LogP contribution in [0.5, 0.6) is 0 Å². The van der Waals surface area contributed by atoms with Crippen LogP contribution in [0, 0.1) is 0 Å². The van der Waals surface area contributed by atoms with Gasteiger partial charge in [0.1, 0.15) is 0 Å². The molecule has 6 heavy (non-hydrogen) atoms. The van der Waals surface area contributed by atoms with Gasteiger partial charge < -0.3 is 9.79 Å². The summed E-state index contributed by atoms with van der Waals surface area (Å²) in [5.74, 6) is -3.33. The van der Waals surface area contributed by atoms with Crippen molar-refractivity contribution in [1.82, 2.24) is 0 Å². The molecule has 0 fully saturated rings. The molecule has 0 radical (unpaired) electrons. The van der Waals surface area contributed by atoms with Crippen molar-refractivity contribution in [3.8, 4) is 0 Å². The molecule has 0 aliphatic rings. The first-order valence-corrected chi connectivity index (χ1v) is 4.36. The summed E-state index contributed by atoms with van der Waals surface area (Å²) in [6.45, 7) is 0. The van der Waals surface area contributed by atoms with E-state index in [0.717, 1.165) is 0 Å². The van der Waals surface area contributed by atoms with Crippen LogP contribution in [-0.4, -0.2) is 9.79 Å². The highest BCUT2D eigenvalue weighted by molar-refractivity contribution is 8.21. The Hall–Kier alpha value is 0.860. The molecule has 0 aliphatic heterocycles. The highest BCUT2D eigenvalue weighted by Crippen LogP contribution is 2.40. The third-order valence-electron chi connectivity index (χ3n) is 0. The SMILES string of the molecule is C.OP(O)(=S)Cl. The number of hydrogen-bond donors (Lipinski definition) is 2. The van der Waals surface area contributed by atoms with Gasteiger partial charge in [0.25, 0.3) is 5.84 Å². The lowest BCUT2D eigenvalue weighted by Gasteiger charge is -1.85. The fourth-order valence-corrected chi connectivity index (χ4v) is 0. The third-order valence-corrected chi connectivity index (χ3v) is 0. The maximum atomic E-state index is 7.77. The van der Waals surface area contributed by atoms with Gasteiger partial charge in [0, 0.05) is 0 Å². The van der Waals surface area contributed by atoms with Crippen LogP contribution in [0.1, 0.15) is 7.43 Å². The average molecular weight is 149 g/mol. The molecule has 0 aliphatic carbocycles. The molecule has 5 heteroatoms. The zero-order valence-corrected chi connectivity index (χ0v) is 4.59. The van der Waals surface area contributed by atoms with E-state index < -0.39 is 5.84 Å². The Morgan fingerprint density at radius 2 is 1.50 bits per heavy atom. The molecule has 0 saturated heterocycles. The van der Waals surface area contributed by atoms with Crippen molar-refractivity contribution in [1.29, 1.82) is 0 Å². The third kappa shape index (κ3) is 97.9. The Kier molecular flexibility index (Phi) is 4.89. The Balaban J connectivity index is 0. The lowest BCUT2D eigenvalue weighted by Crippen LogP contribution is -1.53. The molecule has 0 aromatic carbocycles. The zero-order chi connectivity index (χ0) is 4.50. The topological polar surface area (TPSA) is 40.5 Å². The molecular weight excluding hydrogens is 143 g/mol. The van der Waals surface area contributed by atoms with E-state index in [4.69, 9.17) is 9.79 Å². The molecule has 0 bridgehead atoms. The van der Waals surface area contributed by atoms with Crippen molar-refractivity contribution in [2.45, 2.75) is 7.43 Å². The molecule has 0 heterocycles. The van der Waals surface area contributed by atoms with E-state index in [1.54, 1.807) is 0 Å².